The minimum Gasteiger partial charge on any atom is -0.354 e. The predicted octanol–water partition coefficient (Wildman–Crippen LogP) is 6.92. The molecule has 2 heterocycles. The molecule has 1 saturated heterocycles. The van der Waals surface area contributed by atoms with Crippen LogP contribution in [0.25, 0.3) is 0 Å². The first-order valence-corrected chi connectivity index (χ1v) is 14.4. The van der Waals surface area contributed by atoms with Gasteiger partial charge >= 0.3 is 0 Å². The number of nitrogens with one attached hydrogen (secondary N) is 1. The lowest BCUT2D eigenvalue weighted by atomic mass is 9.77. The van der Waals surface area contributed by atoms with Gasteiger partial charge in [-0.25, -0.2) is 4.39 Å². The number of rotatable bonds is 8. The number of Topliss-reactive ketones (excluding diaryl/α,β-unsaturated/α-hetero) is 1. The molecule has 0 spiro atoms. The summed E-state index contributed by atoms with van der Waals surface area (Å²) in [5.41, 5.74) is 1.69. The fourth-order valence-electron chi connectivity index (χ4n) is 5.53. The highest BCUT2D eigenvalue weighted by Gasteiger charge is 2.57. The maximum absolute atomic E-state index is 14.3. The second-order valence-electron chi connectivity index (χ2n) is 9.76. The summed E-state index contributed by atoms with van der Waals surface area (Å²) < 4.78 is 13.8. The minimum atomic E-state index is -1.01. The molecule has 1 aliphatic rings. The summed E-state index contributed by atoms with van der Waals surface area (Å²) in [6.07, 6.45) is 0.704. The van der Waals surface area contributed by atoms with Gasteiger partial charge in [0.05, 0.1) is 16.8 Å². The first kappa shape index (κ1) is 27.7. The summed E-state index contributed by atoms with van der Waals surface area (Å²) in [5, 5.41) is 5.33. The first-order chi connectivity index (χ1) is 19.4. The number of hydrogen-bond acceptors (Lipinski definition) is 4. The van der Waals surface area contributed by atoms with Crippen LogP contribution in [-0.2, 0) is 4.79 Å². The third-order valence-corrected chi connectivity index (χ3v) is 8.41. The van der Waals surface area contributed by atoms with Crippen molar-refractivity contribution in [1.29, 1.82) is 0 Å². The van der Waals surface area contributed by atoms with Crippen molar-refractivity contribution in [1.82, 2.24) is 10.2 Å². The Morgan fingerprint density at radius 3 is 2.23 bits per heavy atom. The summed E-state index contributed by atoms with van der Waals surface area (Å²) in [6, 6.07) is 23.5. The Morgan fingerprint density at radius 2 is 1.60 bits per heavy atom. The van der Waals surface area contributed by atoms with Crippen LogP contribution in [-0.4, -0.2) is 35.1 Å². The van der Waals surface area contributed by atoms with Crippen LogP contribution in [0.4, 0.5) is 4.39 Å². The average Bonchev–Trinajstić information content (AvgIpc) is 3.64. The standard InChI is InChI=1S/C32H28ClFN2O3S/c1-2-18-35-31(38)29-26(20-10-14-23(33)15-11-20)27(30(37)25-9-6-19-40-25)28(21-7-4-3-5-8-21)36(29)32(39)22-12-16-24(34)17-13-22/h3-17,19,26-29H,2,18H2,1H3,(H,35,38). The molecule has 3 aromatic carbocycles. The number of benzene rings is 3. The van der Waals surface area contributed by atoms with Gasteiger partial charge in [-0.05, 0) is 65.4 Å². The number of halogens is 2. The Bertz CT molecular complexity index is 1480. The predicted molar refractivity (Wildman–Crippen MR) is 155 cm³/mol. The van der Waals surface area contributed by atoms with E-state index in [0.29, 0.717) is 22.9 Å². The van der Waals surface area contributed by atoms with Gasteiger partial charge in [0, 0.05) is 23.0 Å². The molecule has 1 N–H and O–H groups in total. The zero-order chi connectivity index (χ0) is 28.2. The van der Waals surface area contributed by atoms with Crippen LogP contribution in [0.15, 0.2) is 96.4 Å². The van der Waals surface area contributed by atoms with E-state index < -0.39 is 35.6 Å². The van der Waals surface area contributed by atoms with Crippen molar-refractivity contribution in [2.24, 2.45) is 5.92 Å². The van der Waals surface area contributed by atoms with Gasteiger partial charge < -0.3 is 10.2 Å². The van der Waals surface area contributed by atoms with Crippen molar-refractivity contribution in [2.75, 3.05) is 6.54 Å². The Labute approximate surface area is 241 Å². The fourth-order valence-corrected chi connectivity index (χ4v) is 6.37. The van der Waals surface area contributed by atoms with Crippen molar-refractivity contribution >= 4 is 40.5 Å². The number of hydrogen-bond donors (Lipinski definition) is 1. The molecule has 0 saturated carbocycles. The van der Waals surface area contributed by atoms with Crippen LogP contribution < -0.4 is 5.32 Å². The molecule has 4 unspecified atom stereocenters. The molecule has 0 bridgehead atoms. The molecule has 4 atom stereocenters. The lowest BCUT2D eigenvalue weighted by Gasteiger charge is -2.31. The second-order valence-corrected chi connectivity index (χ2v) is 11.1. The number of ketones is 1. The van der Waals surface area contributed by atoms with Crippen LogP contribution in [0.3, 0.4) is 0 Å². The topological polar surface area (TPSA) is 66.5 Å². The number of thiophene rings is 1. The van der Waals surface area contributed by atoms with Crippen LogP contribution in [0.1, 0.15) is 56.5 Å². The lowest BCUT2D eigenvalue weighted by Crippen LogP contribution is -2.48. The normalized spacial score (nSPS) is 20.3. The summed E-state index contributed by atoms with van der Waals surface area (Å²) >= 11 is 7.55. The zero-order valence-corrected chi connectivity index (χ0v) is 23.4. The fraction of sp³-hybridized carbons (Fsp3) is 0.219. The third kappa shape index (κ3) is 5.44. The largest absolute Gasteiger partial charge is 0.354 e. The van der Waals surface area contributed by atoms with Crippen molar-refractivity contribution in [2.45, 2.75) is 31.3 Å². The molecule has 1 aliphatic heterocycles. The van der Waals surface area contributed by atoms with Crippen molar-refractivity contribution in [3.05, 3.63) is 129 Å². The van der Waals surface area contributed by atoms with Gasteiger partial charge in [0.15, 0.2) is 5.78 Å². The molecule has 204 valence electrons. The second kappa shape index (κ2) is 12.1. The van der Waals surface area contributed by atoms with Crippen molar-refractivity contribution in [3.63, 3.8) is 0 Å². The smallest absolute Gasteiger partial charge is 0.255 e. The summed E-state index contributed by atoms with van der Waals surface area (Å²) in [5.74, 6) is -2.86. The van der Waals surface area contributed by atoms with E-state index in [4.69, 9.17) is 11.6 Å². The molecule has 5 nitrogen and oxygen atoms in total. The molecule has 8 heteroatoms. The summed E-state index contributed by atoms with van der Waals surface area (Å²) in [6.45, 7) is 2.36. The van der Waals surface area contributed by atoms with Gasteiger partial charge in [-0.1, -0.05) is 67.1 Å². The molecule has 1 fully saturated rings. The Kier molecular flexibility index (Phi) is 8.43. The first-order valence-electron chi connectivity index (χ1n) is 13.1. The Hall–Kier alpha value is -3.81. The van der Waals surface area contributed by atoms with Gasteiger partial charge in [0.2, 0.25) is 5.91 Å². The quantitative estimate of drug-likeness (QED) is 0.232. The SMILES string of the molecule is CCCNC(=O)C1C(c2ccc(Cl)cc2)C(C(=O)c2cccs2)C(c2ccccc2)N1C(=O)c1ccc(F)cc1. The van der Waals surface area contributed by atoms with E-state index in [1.807, 2.05) is 60.8 Å². The highest BCUT2D eigenvalue weighted by molar-refractivity contribution is 7.12. The van der Waals surface area contributed by atoms with Crippen LogP contribution in [0, 0.1) is 11.7 Å². The maximum Gasteiger partial charge on any atom is 0.255 e. The average molecular weight is 575 g/mol. The summed E-state index contributed by atoms with van der Waals surface area (Å²) in [4.78, 5) is 44.7. The van der Waals surface area contributed by atoms with E-state index in [-0.39, 0.29) is 17.3 Å². The number of amides is 2. The van der Waals surface area contributed by atoms with E-state index in [9.17, 15) is 18.8 Å². The zero-order valence-electron chi connectivity index (χ0n) is 21.8. The molecular weight excluding hydrogens is 547 g/mol. The van der Waals surface area contributed by atoms with E-state index in [1.54, 1.807) is 18.2 Å². The molecule has 0 aliphatic carbocycles. The highest BCUT2D eigenvalue weighted by Crippen LogP contribution is 2.52. The molecule has 1 aromatic heterocycles. The molecule has 40 heavy (non-hydrogen) atoms. The van der Waals surface area contributed by atoms with Crippen LogP contribution in [0.5, 0.6) is 0 Å². The maximum atomic E-state index is 14.3. The Morgan fingerprint density at radius 1 is 0.900 bits per heavy atom. The van der Waals surface area contributed by atoms with Crippen LogP contribution in [0.2, 0.25) is 5.02 Å². The van der Waals surface area contributed by atoms with Crippen molar-refractivity contribution in [3.8, 4) is 0 Å². The van der Waals surface area contributed by atoms with Gasteiger partial charge in [-0.2, -0.15) is 0 Å². The van der Waals surface area contributed by atoms with E-state index in [1.165, 1.54) is 40.5 Å². The number of carbonyl (C=O) groups excluding carboxylic acids is 3. The van der Waals surface area contributed by atoms with E-state index in [2.05, 4.69) is 5.32 Å². The van der Waals surface area contributed by atoms with Gasteiger partial charge in [0.1, 0.15) is 11.9 Å². The van der Waals surface area contributed by atoms with Gasteiger partial charge in [-0.3, -0.25) is 14.4 Å². The highest BCUT2D eigenvalue weighted by atomic mass is 35.5. The number of carbonyl (C=O) groups is 3. The van der Waals surface area contributed by atoms with Crippen LogP contribution >= 0.6 is 22.9 Å². The molecular formula is C32H28ClFN2O3S. The van der Waals surface area contributed by atoms with E-state index in [0.717, 1.165) is 11.1 Å². The van der Waals surface area contributed by atoms with Crippen molar-refractivity contribution < 1.29 is 18.8 Å². The minimum absolute atomic E-state index is 0.147. The molecule has 5 rings (SSSR count). The molecule has 0 radical (unpaired) electrons. The lowest BCUT2D eigenvalue weighted by molar-refractivity contribution is -0.125. The van der Waals surface area contributed by atoms with Gasteiger partial charge in [0.25, 0.3) is 5.91 Å². The summed E-state index contributed by atoms with van der Waals surface area (Å²) in [7, 11) is 0. The monoisotopic (exact) mass is 574 g/mol. The number of likely N-dealkylation sites (tertiary alicyclic amines) is 1. The Balaban J connectivity index is 1.76. The van der Waals surface area contributed by atoms with Gasteiger partial charge in [-0.15, -0.1) is 11.3 Å². The third-order valence-electron chi connectivity index (χ3n) is 7.27. The molecule has 4 aromatic rings. The molecule has 2 amide bonds. The van der Waals surface area contributed by atoms with E-state index >= 15 is 0 Å². The number of nitrogens with zero attached hydrogens (tertiary/aromatic N) is 1.